The number of carbonyl (C=O) groups is 2. The van der Waals surface area contributed by atoms with Gasteiger partial charge in [-0.1, -0.05) is 37.5 Å². The second-order valence-corrected chi connectivity index (χ2v) is 8.10. The highest BCUT2D eigenvalue weighted by Gasteiger charge is 2.39. The fraction of sp³-hybridized carbons (Fsp3) is 0.619. The molecule has 1 saturated heterocycles. The van der Waals surface area contributed by atoms with Crippen LogP contribution in [0.4, 0.5) is 5.69 Å². The van der Waals surface area contributed by atoms with E-state index < -0.39 is 5.54 Å². The first kappa shape index (κ1) is 19.8. The van der Waals surface area contributed by atoms with E-state index in [4.69, 9.17) is 5.73 Å². The van der Waals surface area contributed by atoms with Crippen molar-refractivity contribution in [3.05, 3.63) is 29.3 Å². The van der Waals surface area contributed by atoms with Gasteiger partial charge in [0.15, 0.2) is 0 Å². The zero-order chi connectivity index (χ0) is 19.4. The maximum Gasteiger partial charge on any atom is 0.242 e. The van der Waals surface area contributed by atoms with Crippen LogP contribution in [0.2, 0.25) is 0 Å². The highest BCUT2D eigenvalue weighted by atomic mass is 16.2. The van der Waals surface area contributed by atoms with Crippen LogP contribution < -0.4 is 11.1 Å². The molecule has 1 heterocycles. The number of hydrogen-bond donors (Lipinski definition) is 2. The Labute approximate surface area is 162 Å². The van der Waals surface area contributed by atoms with Crippen LogP contribution in [0.5, 0.6) is 0 Å². The molecule has 0 unspecified atom stereocenters. The van der Waals surface area contributed by atoms with Gasteiger partial charge in [0.1, 0.15) is 0 Å². The van der Waals surface area contributed by atoms with Crippen LogP contribution in [-0.2, 0) is 9.59 Å². The SMILES string of the molecule is Cc1cccc(C)c1NC(=O)CN1CCN(C(=O)C2(N)CCCCC2)CC1. The maximum atomic E-state index is 12.8. The summed E-state index contributed by atoms with van der Waals surface area (Å²) < 4.78 is 0. The number of rotatable bonds is 4. The first-order chi connectivity index (χ1) is 12.9. The van der Waals surface area contributed by atoms with Crippen LogP contribution in [0.3, 0.4) is 0 Å². The maximum absolute atomic E-state index is 12.8. The third kappa shape index (κ3) is 4.68. The van der Waals surface area contributed by atoms with Crippen molar-refractivity contribution in [3.8, 4) is 0 Å². The van der Waals surface area contributed by atoms with Gasteiger partial charge in [-0.05, 0) is 37.8 Å². The standard InChI is InChI=1S/C21H32N4O2/c1-16-7-6-8-17(2)19(16)23-18(26)15-24-11-13-25(14-12-24)20(27)21(22)9-4-3-5-10-21/h6-8H,3-5,9-15,22H2,1-2H3,(H,23,26). The van der Waals surface area contributed by atoms with Crippen LogP contribution in [0, 0.1) is 13.8 Å². The van der Waals surface area contributed by atoms with Crippen LogP contribution in [0.25, 0.3) is 0 Å². The third-order valence-electron chi connectivity index (χ3n) is 5.94. The third-order valence-corrected chi connectivity index (χ3v) is 5.94. The van der Waals surface area contributed by atoms with Gasteiger partial charge in [-0.3, -0.25) is 14.5 Å². The summed E-state index contributed by atoms with van der Waals surface area (Å²) in [6.45, 7) is 7.07. The predicted molar refractivity (Wildman–Crippen MR) is 108 cm³/mol. The minimum absolute atomic E-state index is 0.00486. The lowest BCUT2D eigenvalue weighted by Crippen LogP contribution is -2.60. The van der Waals surface area contributed by atoms with Crippen molar-refractivity contribution < 1.29 is 9.59 Å². The number of nitrogens with zero attached hydrogens (tertiary/aromatic N) is 2. The van der Waals surface area contributed by atoms with E-state index >= 15 is 0 Å². The number of anilines is 1. The fourth-order valence-corrected chi connectivity index (χ4v) is 4.21. The Hall–Kier alpha value is -1.92. The molecule has 27 heavy (non-hydrogen) atoms. The van der Waals surface area contributed by atoms with Crippen molar-refractivity contribution in [2.24, 2.45) is 5.73 Å². The lowest BCUT2D eigenvalue weighted by molar-refractivity contribution is -0.140. The van der Waals surface area contributed by atoms with Crippen molar-refractivity contribution in [3.63, 3.8) is 0 Å². The molecule has 6 heteroatoms. The van der Waals surface area contributed by atoms with Gasteiger partial charge >= 0.3 is 0 Å². The van der Waals surface area contributed by atoms with Gasteiger partial charge in [-0.15, -0.1) is 0 Å². The summed E-state index contributed by atoms with van der Waals surface area (Å²) in [4.78, 5) is 29.3. The molecule has 148 valence electrons. The van der Waals surface area contributed by atoms with E-state index in [1.807, 2.05) is 36.9 Å². The Balaban J connectivity index is 1.49. The molecule has 2 fully saturated rings. The average Bonchev–Trinajstić information content (AvgIpc) is 2.65. The molecule has 1 aliphatic carbocycles. The molecule has 1 aliphatic heterocycles. The van der Waals surface area contributed by atoms with E-state index in [1.165, 1.54) is 6.42 Å². The molecule has 1 saturated carbocycles. The second kappa shape index (κ2) is 8.40. The highest BCUT2D eigenvalue weighted by Crippen LogP contribution is 2.28. The summed E-state index contributed by atoms with van der Waals surface area (Å²) in [5, 5.41) is 3.04. The van der Waals surface area contributed by atoms with E-state index in [9.17, 15) is 9.59 Å². The number of para-hydroxylation sites is 1. The molecule has 0 atom stereocenters. The van der Waals surface area contributed by atoms with E-state index in [2.05, 4.69) is 10.2 Å². The van der Waals surface area contributed by atoms with Gasteiger partial charge < -0.3 is 16.0 Å². The van der Waals surface area contributed by atoms with Crippen LogP contribution in [0.15, 0.2) is 18.2 Å². The van der Waals surface area contributed by atoms with Gasteiger partial charge in [-0.2, -0.15) is 0 Å². The van der Waals surface area contributed by atoms with Crippen molar-refractivity contribution >= 4 is 17.5 Å². The van der Waals surface area contributed by atoms with Gasteiger partial charge in [0.05, 0.1) is 12.1 Å². The fourth-order valence-electron chi connectivity index (χ4n) is 4.21. The van der Waals surface area contributed by atoms with Crippen LogP contribution >= 0.6 is 0 Å². The number of amides is 2. The van der Waals surface area contributed by atoms with Gasteiger partial charge in [0.2, 0.25) is 11.8 Å². The second-order valence-electron chi connectivity index (χ2n) is 8.10. The summed E-state index contributed by atoms with van der Waals surface area (Å²) in [7, 11) is 0. The summed E-state index contributed by atoms with van der Waals surface area (Å²) >= 11 is 0. The zero-order valence-corrected chi connectivity index (χ0v) is 16.6. The number of hydrogen-bond acceptors (Lipinski definition) is 4. The topological polar surface area (TPSA) is 78.7 Å². The Kier molecular flexibility index (Phi) is 6.17. The Morgan fingerprint density at radius 3 is 2.22 bits per heavy atom. The van der Waals surface area contributed by atoms with E-state index in [1.54, 1.807) is 0 Å². The molecule has 2 amide bonds. The molecule has 0 spiro atoms. The van der Waals surface area contributed by atoms with Crippen molar-refractivity contribution in [1.29, 1.82) is 0 Å². The number of carbonyl (C=O) groups excluding carboxylic acids is 2. The highest BCUT2D eigenvalue weighted by molar-refractivity contribution is 5.93. The lowest BCUT2D eigenvalue weighted by atomic mass is 9.81. The Morgan fingerprint density at radius 1 is 1.04 bits per heavy atom. The summed E-state index contributed by atoms with van der Waals surface area (Å²) in [6, 6.07) is 5.99. The number of nitrogens with one attached hydrogen (secondary N) is 1. The minimum atomic E-state index is -0.667. The lowest BCUT2D eigenvalue weighted by Gasteiger charge is -2.40. The number of piperazine rings is 1. The number of aryl methyl sites for hydroxylation is 2. The molecule has 1 aromatic carbocycles. The molecule has 6 nitrogen and oxygen atoms in total. The van der Waals surface area contributed by atoms with Crippen molar-refractivity contribution in [1.82, 2.24) is 9.80 Å². The van der Waals surface area contributed by atoms with Crippen molar-refractivity contribution in [2.75, 3.05) is 38.0 Å². The summed E-state index contributed by atoms with van der Waals surface area (Å²) in [5.41, 5.74) is 8.77. The largest absolute Gasteiger partial charge is 0.339 e. The molecular formula is C21H32N4O2. The first-order valence-corrected chi connectivity index (χ1v) is 10.1. The molecule has 0 bridgehead atoms. The first-order valence-electron chi connectivity index (χ1n) is 10.1. The molecule has 0 aromatic heterocycles. The quantitative estimate of drug-likeness (QED) is 0.848. The number of benzene rings is 1. The van der Waals surface area contributed by atoms with Crippen LogP contribution in [-0.4, -0.2) is 59.9 Å². The van der Waals surface area contributed by atoms with Gasteiger partial charge in [0.25, 0.3) is 0 Å². The predicted octanol–water partition coefficient (Wildman–Crippen LogP) is 2.05. The summed E-state index contributed by atoms with van der Waals surface area (Å²) in [6.07, 6.45) is 4.85. The molecule has 0 radical (unpaired) electrons. The molecule has 3 rings (SSSR count). The van der Waals surface area contributed by atoms with Crippen LogP contribution in [0.1, 0.15) is 43.2 Å². The van der Waals surface area contributed by atoms with Gasteiger partial charge in [-0.25, -0.2) is 0 Å². The zero-order valence-electron chi connectivity index (χ0n) is 16.6. The monoisotopic (exact) mass is 372 g/mol. The smallest absolute Gasteiger partial charge is 0.242 e. The molecule has 1 aromatic rings. The van der Waals surface area contributed by atoms with E-state index in [0.717, 1.165) is 42.5 Å². The minimum Gasteiger partial charge on any atom is -0.339 e. The van der Waals surface area contributed by atoms with E-state index in [-0.39, 0.29) is 11.8 Å². The Morgan fingerprint density at radius 2 is 1.63 bits per heavy atom. The number of nitrogens with two attached hydrogens (primary N) is 1. The van der Waals surface area contributed by atoms with Crippen molar-refractivity contribution in [2.45, 2.75) is 51.5 Å². The average molecular weight is 373 g/mol. The normalized spacial score (nSPS) is 20.3. The molecule has 3 N–H and O–H groups in total. The van der Waals surface area contributed by atoms with Gasteiger partial charge in [0, 0.05) is 31.9 Å². The Bertz CT molecular complexity index is 669. The summed E-state index contributed by atoms with van der Waals surface area (Å²) in [5.74, 6) is 0.0941. The molecule has 2 aliphatic rings. The van der Waals surface area contributed by atoms with E-state index in [0.29, 0.717) is 32.7 Å². The molecular weight excluding hydrogens is 340 g/mol.